The summed E-state index contributed by atoms with van der Waals surface area (Å²) in [6, 6.07) is 23.4. The summed E-state index contributed by atoms with van der Waals surface area (Å²) in [6.45, 7) is 0. The second kappa shape index (κ2) is 11.1. The molecule has 178 valence electrons. The quantitative estimate of drug-likeness (QED) is 0.223. The third-order valence-electron chi connectivity index (χ3n) is 4.76. The van der Waals surface area contributed by atoms with E-state index in [0.717, 1.165) is 15.8 Å². The van der Waals surface area contributed by atoms with Crippen LogP contribution in [0.3, 0.4) is 0 Å². The van der Waals surface area contributed by atoms with Gasteiger partial charge < -0.3 is 0 Å². The number of benzene rings is 3. The van der Waals surface area contributed by atoms with Gasteiger partial charge in [0.15, 0.2) is 11.4 Å². The van der Waals surface area contributed by atoms with Gasteiger partial charge in [0.05, 0.1) is 23.0 Å². The molecule has 0 atom stereocenters. The van der Waals surface area contributed by atoms with E-state index in [-0.39, 0.29) is 22.8 Å². The number of carbonyl (C=O) groups excluding carboxylic acids is 2. The standard InChI is InChI=1S/C24H18N8O4/c33-23(28-25-15-17-7-3-1-4-8-17)21-22(24(34)29-26-16-18-9-5-2-6-10-18)31(30-27-21)19-11-13-20(14-12-19)32(35)36/h1-16H,(H,28,33)(H,29,34)/b25-15+,26-16+. The predicted octanol–water partition coefficient (Wildman–Crippen LogP) is 2.70. The van der Waals surface area contributed by atoms with E-state index in [4.69, 9.17) is 0 Å². The molecule has 0 aliphatic heterocycles. The molecule has 1 heterocycles. The highest BCUT2D eigenvalue weighted by molar-refractivity contribution is 6.05. The molecular formula is C24H18N8O4. The van der Waals surface area contributed by atoms with E-state index in [1.165, 1.54) is 36.7 Å². The van der Waals surface area contributed by atoms with Crippen molar-refractivity contribution >= 4 is 29.9 Å². The van der Waals surface area contributed by atoms with E-state index >= 15 is 0 Å². The fraction of sp³-hybridized carbons (Fsp3) is 0. The van der Waals surface area contributed by atoms with E-state index < -0.39 is 16.7 Å². The Labute approximate surface area is 204 Å². The monoisotopic (exact) mass is 482 g/mol. The molecule has 36 heavy (non-hydrogen) atoms. The molecular weight excluding hydrogens is 464 g/mol. The van der Waals surface area contributed by atoms with Crippen LogP contribution in [0.25, 0.3) is 5.69 Å². The number of hydrogen-bond acceptors (Lipinski definition) is 8. The van der Waals surface area contributed by atoms with Gasteiger partial charge in [-0.2, -0.15) is 10.2 Å². The predicted molar refractivity (Wildman–Crippen MR) is 131 cm³/mol. The Bertz CT molecular complexity index is 1430. The molecule has 0 fully saturated rings. The van der Waals surface area contributed by atoms with Gasteiger partial charge in [-0.1, -0.05) is 65.9 Å². The Morgan fingerprint density at radius 3 is 1.86 bits per heavy atom. The minimum absolute atomic E-state index is 0.148. The first-order chi connectivity index (χ1) is 17.5. The van der Waals surface area contributed by atoms with Crippen molar-refractivity contribution in [2.75, 3.05) is 0 Å². The smallest absolute Gasteiger partial charge is 0.265 e. The number of hydrazone groups is 2. The van der Waals surface area contributed by atoms with E-state index in [2.05, 4.69) is 31.4 Å². The Hall–Kier alpha value is -5.52. The van der Waals surface area contributed by atoms with Crippen molar-refractivity contribution in [3.63, 3.8) is 0 Å². The molecule has 12 nitrogen and oxygen atoms in total. The summed E-state index contributed by atoms with van der Waals surface area (Å²) in [5, 5.41) is 26.6. The number of nitrogens with zero attached hydrogens (tertiary/aromatic N) is 6. The minimum atomic E-state index is -0.785. The third kappa shape index (κ3) is 5.69. The molecule has 1 aromatic heterocycles. The number of nitro benzene ring substituents is 1. The summed E-state index contributed by atoms with van der Waals surface area (Å²) in [6.07, 6.45) is 2.87. The normalized spacial score (nSPS) is 11.0. The van der Waals surface area contributed by atoms with Gasteiger partial charge in [-0.3, -0.25) is 19.7 Å². The number of carbonyl (C=O) groups is 2. The van der Waals surface area contributed by atoms with Gasteiger partial charge in [-0.25, -0.2) is 15.5 Å². The van der Waals surface area contributed by atoms with Gasteiger partial charge in [-0.05, 0) is 23.3 Å². The zero-order valence-electron chi connectivity index (χ0n) is 18.6. The highest BCUT2D eigenvalue weighted by atomic mass is 16.6. The van der Waals surface area contributed by atoms with Gasteiger partial charge in [0.25, 0.3) is 17.5 Å². The van der Waals surface area contributed by atoms with E-state index in [0.29, 0.717) is 0 Å². The Kier molecular flexibility index (Phi) is 7.27. The number of non-ortho nitro benzene ring substituents is 1. The summed E-state index contributed by atoms with van der Waals surface area (Å²) in [5.74, 6) is -1.56. The van der Waals surface area contributed by atoms with E-state index in [1.807, 2.05) is 36.4 Å². The van der Waals surface area contributed by atoms with Crippen LogP contribution in [0.15, 0.2) is 95.1 Å². The number of nitrogens with one attached hydrogen (secondary N) is 2. The summed E-state index contributed by atoms with van der Waals surface area (Å²) in [5.41, 5.74) is 5.75. The van der Waals surface area contributed by atoms with Crippen LogP contribution in [0.1, 0.15) is 32.1 Å². The maximum atomic E-state index is 13.0. The van der Waals surface area contributed by atoms with Gasteiger partial charge in [0, 0.05) is 12.1 Å². The second-order valence-electron chi connectivity index (χ2n) is 7.19. The summed E-state index contributed by atoms with van der Waals surface area (Å²) in [7, 11) is 0. The molecule has 0 unspecified atom stereocenters. The average Bonchev–Trinajstić information content (AvgIpc) is 3.35. The van der Waals surface area contributed by atoms with Crippen molar-refractivity contribution in [3.8, 4) is 5.69 Å². The van der Waals surface area contributed by atoms with Crippen LogP contribution in [-0.4, -0.2) is 44.2 Å². The maximum absolute atomic E-state index is 13.0. The molecule has 0 saturated heterocycles. The van der Waals surface area contributed by atoms with Crippen molar-refractivity contribution in [1.29, 1.82) is 0 Å². The number of hydrogen-bond donors (Lipinski definition) is 2. The number of aromatic nitrogens is 3. The lowest BCUT2D eigenvalue weighted by Gasteiger charge is -2.06. The Morgan fingerprint density at radius 2 is 1.33 bits per heavy atom. The van der Waals surface area contributed by atoms with Gasteiger partial charge in [-0.15, -0.1) is 5.10 Å². The van der Waals surface area contributed by atoms with Crippen LogP contribution in [0.2, 0.25) is 0 Å². The van der Waals surface area contributed by atoms with Gasteiger partial charge in [0.1, 0.15) is 0 Å². The van der Waals surface area contributed by atoms with Crippen LogP contribution >= 0.6 is 0 Å². The maximum Gasteiger partial charge on any atom is 0.294 e. The Balaban J connectivity index is 1.62. The summed E-state index contributed by atoms with van der Waals surface area (Å²) >= 11 is 0. The molecule has 0 aliphatic rings. The number of rotatable bonds is 8. The van der Waals surface area contributed by atoms with Crippen molar-refractivity contribution < 1.29 is 14.5 Å². The minimum Gasteiger partial charge on any atom is -0.265 e. The molecule has 3 aromatic carbocycles. The fourth-order valence-corrected chi connectivity index (χ4v) is 3.05. The molecule has 0 bridgehead atoms. The second-order valence-corrected chi connectivity index (χ2v) is 7.19. The number of nitro groups is 1. The van der Waals surface area contributed by atoms with Gasteiger partial charge in [0.2, 0.25) is 0 Å². The molecule has 4 rings (SSSR count). The third-order valence-corrected chi connectivity index (χ3v) is 4.76. The molecule has 12 heteroatoms. The molecule has 0 spiro atoms. The first-order valence-corrected chi connectivity index (χ1v) is 10.5. The van der Waals surface area contributed by atoms with Crippen molar-refractivity contribution in [1.82, 2.24) is 25.8 Å². The van der Waals surface area contributed by atoms with Crippen LogP contribution in [0.4, 0.5) is 5.69 Å². The van der Waals surface area contributed by atoms with Crippen molar-refractivity contribution in [2.45, 2.75) is 0 Å². The van der Waals surface area contributed by atoms with Crippen molar-refractivity contribution in [3.05, 3.63) is 118 Å². The number of amides is 2. The highest BCUT2D eigenvalue weighted by Crippen LogP contribution is 2.18. The molecule has 0 saturated carbocycles. The largest absolute Gasteiger partial charge is 0.294 e. The molecule has 2 amide bonds. The highest BCUT2D eigenvalue weighted by Gasteiger charge is 2.26. The van der Waals surface area contributed by atoms with E-state index in [1.54, 1.807) is 24.3 Å². The lowest BCUT2D eigenvalue weighted by Crippen LogP contribution is -2.27. The van der Waals surface area contributed by atoms with E-state index in [9.17, 15) is 19.7 Å². The lowest BCUT2D eigenvalue weighted by atomic mass is 10.2. The summed E-state index contributed by atoms with van der Waals surface area (Å²) < 4.78 is 1.09. The van der Waals surface area contributed by atoms with Crippen LogP contribution in [-0.2, 0) is 0 Å². The van der Waals surface area contributed by atoms with Crippen LogP contribution < -0.4 is 10.9 Å². The van der Waals surface area contributed by atoms with Crippen LogP contribution in [0, 0.1) is 10.1 Å². The molecule has 0 radical (unpaired) electrons. The van der Waals surface area contributed by atoms with Gasteiger partial charge >= 0.3 is 0 Å². The SMILES string of the molecule is O=C(N/N=C/c1ccccc1)c1nnn(-c2ccc([N+](=O)[O-])cc2)c1C(=O)N/N=C/c1ccccc1. The first-order valence-electron chi connectivity index (χ1n) is 10.5. The lowest BCUT2D eigenvalue weighted by molar-refractivity contribution is -0.384. The topological polar surface area (TPSA) is 157 Å². The fourth-order valence-electron chi connectivity index (χ4n) is 3.05. The molecule has 0 aliphatic carbocycles. The first kappa shape index (κ1) is 23.6. The van der Waals surface area contributed by atoms with Crippen LogP contribution in [0.5, 0.6) is 0 Å². The average molecular weight is 482 g/mol. The summed E-state index contributed by atoms with van der Waals surface area (Å²) in [4.78, 5) is 36.3. The zero-order valence-corrected chi connectivity index (χ0v) is 18.6. The zero-order chi connectivity index (χ0) is 25.3. The molecule has 4 aromatic rings. The van der Waals surface area contributed by atoms with Crippen molar-refractivity contribution in [2.24, 2.45) is 10.2 Å². The Morgan fingerprint density at radius 1 is 0.806 bits per heavy atom. The molecule has 2 N–H and O–H groups in total.